The maximum atomic E-state index is 12.2. The summed E-state index contributed by atoms with van der Waals surface area (Å²) in [5.74, 6) is -0.829. The standard InChI is InChI=1S/C14H16BrN3O3/c1-8(18-12(20)14(2,3)17-13(18)21)11(19)16-10-6-4-9(15)5-7-10/h4-8H,1-3H3,(H,16,19)(H,17,21). The molecule has 0 aliphatic carbocycles. The average Bonchev–Trinajstić information content (AvgIpc) is 2.60. The molecule has 6 nitrogen and oxygen atoms in total. The summed E-state index contributed by atoms with van der Waals surface area (Å²) >= 11 is 3.30. The summed E-state index contributed by atoms with van der Waals surface area (Å²) in [6.45, 7) is 4.73. The van der Waals surface area contributed by atoms with Gasteiger partial charge in [0.15, 0.2) is 0 Å². The van der Waals surface area contributed by atoms with Gasteiger partial charge < -0.3 is 10.6 Å². The third-order valence-corrected chi connectivity index (χ3v) is 3.80. The van der Waals surface area contributed by atoms with Crippen LogP contribution in [-0.4, -0.2) is 34.3 Å². The first-order valence-corrected chi connectivity index (χ1v) is 7.24. The van der Waals surface area contributed by atoms with Crippen molar-refractivity contribution in [2.45, 2.75) is 32.4 Å². The van der Waals surface area contributed by atoms with Crippen LogP contribution in [0.15, 0.2) is 28.7 Å². The van der Waals surface area contributed by atoms with Gasteiger partial charge in [-0.25, -0.2) is 9.69 Å². The number of carbonyl (C=O) groups excluding carboxylic acids is 3. The average molecular weight is 354 g/mol. The second kappa shape index (κ2) is 5.48. The number of nitrogens with one attached hydrogen (secondary N) is 2. The van der Waals surface area contributed by atoms with Crippen LogP contribution in [0.25, 0.3) is 0 Å². The summed E-state index contributed by atoms with van der Waals surface area (Å²) < 4.78 is 0.893. The fourth-order valence-corrected chi connectivity index (χ4v) is 2.29. The molecule has 1 atom stereocenters. The molecule has 1 saturated heterocycles. The third kappa shape index (κ3) is 3.07. The first-order chi connectivity index (χ1) is 9.72. The van der Waals surface area contributed by atoms with Crippen molar-refractivity contribution >= 4 is 39.5 Å². The number of hydrogen-bond donors (Lipinski definition) is 2. The molecule has 1 aliphatic heterocycles. The van der Waals surface area contributed by atoms with E-state index in [0.29, 0.717) is 5.69 Å². The molecule has 0 spiro atoms. The van der Waals surface area contributed by atoms with Crippen molar-refractivity contribution in [2.75, 3.05) is 5.32 Å². The molecule has 4 amide bonds. The molecule has 1 aromatic carbocycles. The molecule has 0 saturated carbocycles. The highest BCUT2D eigenvalue weighted by Gasteiger charge is 2.47. The fraction of sp³-hybridized carbons (Fsp3) is 0.357. The summed E-state index contributed by atoms with van der Waals surface area (Å²) in [5, 5.41) is 5.23. The van der Waals surface area contributed by atoms with Crippen molar-refractivity contribution in [3.63, 3.8) is 0 Å². The Bertz CT molecular complexity index is 598. The van der Waals surface area contributed by atoms with E-state index in [9.17, 15) is 14.4 Å². The van der Waals surface area contributed by atoms with Gasteiger partial charge in [0.25, 0.3) is 5.91 Å². The van der Waals surface area contributed by atoms with Crippen molar-refractivity contribution in [3.05, 3.63) is 28.7 Å². The number of urea groups is 1. The zero-order valence-electron chi connectivity index (χ0n) is 11.9. The number of halogens is 1. The number of carbonyl (C=O) groups is 3. The van der Waals surface area contributed by atoms with Crippen molar-refractivity contribution in [1.29, 1.82) is 0 Å². The quantitative estimate of drug-likeness (QED) is 0.816. The van der Waals surface area contributed by atoms with E-state index in [1.807, 2.05) is 0 Å². The number of amides is 4. The van der Waals surface area contributed by atoms with E-state index < -0.39 is 29.4 Å². The van der Waals surface area contributed by atoms with Crippen LogP contribution in [0.2, 0.25) is 0 Å². The monoisotopic (exact) mass is 353 g/mol. The Morgan fingerprint density at radius 3 is 2.33 bits per heavy atom. The maximum absolute atomic E-state index is 12.2. The highest BCUT2D eigenvalue weighted by atomic mass is 79.9. The molecular weight excluding hydrogens is 338 g/mol. The lowest BCUT2D eigenvalue weighted by Crippen LogP contribution is -2.47. The van der Waals surface area contributed by atoms with Crippen LogP contribution >= 0.6 is 15.9 Å². The highest BCUT2D eigenvalue weighted by Crippen LogP contribution is 2.20. The van der Waals surface area contributed by atoms with Crippen LogP contribution in [0.4, 0.5) is 10.5 Å². The van der Waals surface area contributed by atoms with Gasteiger partial charge in [-0.3, -0.25) is 9.59 Å². The van der Waals surface area contributed by atoms with Gasteiger partial charge in [-0.1, -0.05) is 15.9 Å². The zero-order valence-corrected chi connectivity index (χ0v) is 13.5. The number of anilines is 1. The van der Waals surface area contributed by atoms with Crippen LogP contribution in [0, 0.1) is 0 Å². The van der Waals surface area contributed by atoms with Crippen LogP contribution in [0.3, 0.4) is 0 Å². The largest absolute Gasteiger partial charge is 0.325 e. The molecule has 7 heteroatoms. The predicted molar refractivity (Wildman–Crippen MR) is 81.7 cm³/mol. The molecule has 112 valence electrons. The minimum Gasteiger partial charge on any atom is -0.324 e. The van der Waals surface area contributed by atoms with Gasteiger partial charge in [-0.2, -0.15) is 0 Å². The van der Waals surface area contributed by atoms with Gasteiger partial charge in [0.2, 0.25) is 5.91 Å². The molecule has 21 heavy (non-hydrogen) atoms. The number of rotatable bonds is 3. The summed E-state index contributed by atoms with van der Waals surface area (Å²) in [6.07, 6.45) is 0. The van der Waals surface area contributed by atoms with Crippen LogP contribution in [0.5, 0.6) is 0 Å². The summed E-state index contributed by atoms with van der Waals surface area (Å²) in [5.41, 5.74) is -0.384. The molecule has 1 heterocycles. The normalized spacial score (nSPS) is 18.4. The minimum absolute atomic E-state index is 0.411. The van der Waals surface area contributed by atoms with Gasteiger partial charge >= 0.3 is 6.03 Å². The number of benzene rings is 1. The van der Waals surface area contributed by atoms with E-state index in [1.165, 1.54) is 6.92 Å². The molecular formula is C14H16BrN3O3. The Balaban J connectivity index is 2.11. The van der Waals surface area contributed by atoms with Gasteiger partial charge in [0.05, 0.1) is 0 Å². The molecule has 1 aliphatic rings. The van der Waals surface area contributed by atoms with E-state index in [0.717, 1.165) is 9.37 Å². The smallest absolute Gasteiger partial charge is 0.324 e. The van der Waals surface area contributed by atoms with Gasteiger partial charge in [0.1, 0.15) is 11.6 Å². The van der Waals surface area contributed by atoms with Gasteiger partial charge in [-0.15, -0.1) is 0 Å². The third-order valence-electron chi connectivity index (χ3n) is 3.27. The Kier molecular flexibility index (Phi) is 4.04. The van der Waals surface area contributed by atoms with E-state index in [4.69, 9.17) is 0 Å². The SMILES string of the molecule is CC(C(=O)Nc1ccc(Br)cc1)N1C(=O)NC(C)(C)C1=O. The van der Waals surface area contributed by atoms with Gasteiger partial charge in [-0.05, 0) is 45.0 Å². The summed E-state index contributed by atoms with van der Waals surface area (Å²) in [7, 11) is 0. The molecule has 2 N–H and O–H groups in total. The van der Waals surface area contributed by atoms with Crippen molar-refractivity contribution in [3.8, 4) is 0 Å². The number of nitrogens with zero attached hydrogens (tertiary/aromatic N) is 1. The summed E-state index contributed by atoms with van der Waals surface area (Å²) in [4.78, 5) is 37.1. The lowest BCUT2D eigenvalue weighted by molar-refractivity contribution is -0.135. The van der Waals surface area contributed by atoms with E-state index >= 15 is 0 Å². The van der Waals surface area contributed by atoms with Crippen molar-refractivity contribution in [2.24, 2.45) is 0 Å². The Morgan fingerprint density at radius 1 is 1.29 bits per heavy atom. The van der Waals surface area contributed by atoms with Crippen LogP contribution < -0.4 is 10.6 Å². The van der Waals surface area contributed by atoms with E-state index in [2.05, 4.69) is 26.6 Å². The van der Waals surface area contributed by atoms with E-state index in [1.54, 1.807) is 38.1 Å². The minimum atomic E-state index is -0.983. The van der Waals surface area contributed by atoms with Crippen LogP contribution in [-0.2, 0) is 9.59 Å². The Morgan fingerprint density at radius 2 is 1.86 bits per heavy atom. The number of imide groups is 1. The fourth-order valence-electron chi connectivity index (χ4n) is 2.02. The second-order valence-electron chi connectivity index (χ2n) is 5.40. The zero-order chi connectivity index (χ0) is 15.8. The molecule has 0 bridgehead atoms. The predicted octanol–water partition coefficient (Wildman–Crippen LogP) is 2.11. The first-order valence-electron chi connectivity index (χ1n) is 6.44. The molecule has 1 aromatic rings. The highest BCUT2D eigenvalue weighted by molar-refractivity contribution is 9.10. The molecule has 2 rings (SSSR count). The molecule has 0 aromatic heterocycles. The lowest BCUT2D eigenvalue weighted by Gasteiger charge is -2.22. The topological polar surface area (TPSA) is 78.5 Å². The molecule has 1 fully saturated rings. The molecule has 0 radical (unpaired) electrons. The summed E-state index contributed by atoms with van der Waals surface area (Å²) in [6, 6.07) is 5.59. The Labute approximate surface area is 131 Å². The van der Waals surface area contributed by atoms with Crippen molar-refractivity contribution < 1.29 is 14.4 Å². The second-order valence-corrected chi connectivity index (χ2v) is 6.32. The van der Waals surface area contributed by atoms with Crippen LogP contribution in [0.1, 0.15) is 20.8 Å². The number of hydrogen-bond acceptors (Lipinski definition) is 3. The van der Waals surface area contributed by atoms with Crippen molar-refractivity contribution in [1.82, 2.24) is 10.2 Å². The lowest BCUT2D eigenvalue weighted by atomic mass is 10.1. The van der Waals surface area contributed by atoms with Gasteiger partial charge in [0, 0.05) is 10.2 Å². The maximum Gasteiger partial charge on any atom is 0.325 e. The van der Waals surface area contributed by atoms with E-state index in [-0.39, 0.29) is 0 Å². The first kappa shape index (κ1) is 15.5. The molecule has 1 unspecified atom stereocenters. The Hall–Kier alpha value is -1.89.